The van der Waals surface area contributed by atoms with E-state index in [2.05, 4.69) is 6.92 Å². The van der Waals surface area contributed by atoms with Gasteiger partial charge in [0.2, 0.25) is 0 Å². The van der Waals surface area contributed by atoms with Gasteiger partial charge in [0, 0.05) is 5.56 Å². The second-order valence-electron chi connectivity index (χ2n) is 5.25. The van der Waals surface area contributed by atoms with E-state index in [1.807, 2.05) is 0 Å². The minimum Gasteiger partial charge on any atom is -0.494 e. The van der Waals surface area contributed by atoms with Crippen LogP contribution in [0.5, 0.6) is 5.75 Å². The van der Waals surface area contributed by atoms with Crippen LogP contribution in [0.25, 0.3) is 11.1 Å². The lowest BCUT2D eigenvalue weighted by Gasteiger charge is -2.13. The van der Waals surface area contributed by atoms with Crippen LogP contribution in [0.3, 0.4) is 0 Å². The van der Waals surface area contributed by atoms with E-state index in [1.165, 1.54) is 13.2 Å². The van der Waals surface area contributed by atoms with Gasteiger partial charge in [-0.2, -0.15) is 0 Å². The Morgan fingerprint density at radius 3 is 2.46 bits per heavy atom. The molecule has 1 N–H and O–H groups in total. The number of carboxylic acid groups (broad SMARTS) is 1. The average Bonchev–Trinajstić information content (AvgIpc) is 2.61. The lowest BCUT2D eigenvalue weighted by molar-refractivity contribution is 0.0600. The zero-order valence-electron chi connectivity index (χ0n) is 13.7. The summed E-state index contributed by atoms with van der Waals surface area (Å²) in [4.78, 5) is 23.5. The topological polar surface area (TPSA) is 72.8 Å². The highest BCUT2D eigenvalue weighted by Crippen LogP contribution is 2.31. The summed E-state index contributed by atoms with van der Waals surface area (Å²) < 4.78 is 10.5. The Morgan fingerprint density at radius 1 is 1.04 bits per heavy atom. The molecule has 0 amide bonds. The van der Waals surface area contributed by atoms with Crippen LogP contribution in [0.15, 0.2) is 42.5 Å². The number of unbranched alkanes of at least 4 members (excludes halogenated alkanes) is 1. The highest BCUT2D eigenvalue weighted by molar-refractivity contribution is 6.02. The van der Waals surface area contributed by atoms with Crippen LogP contribution < -0.4 is 4.74 Å². The van der Waals surface area contributed by atoms with Gasteiger partial charge < -0.3 is 14.6 Å². The summed E-state index contributed by atoms with van der Waals surface area (Å²) in [6.45, 7) is 2.62. The third-order valence-electron chi connectivity index (χ3n) is 3.61. The van der Waals surface area contributed by atoms with Gasteiger partial charge >= 0.3 is 11.9 Å². The van der Waals surface area contributed by atoms with Crippen molar-refractivity contribution in [2.24, 2.45) is 0 Å². The second kappa shape index (κ2) is 8.15. The van der Waals surface area contributed by atoms with Crippen molar-refractivity contribution in [2.75, 3.05) is 13.7 Å². The monoisotopic (exact) mass is 328 g/mol. The van der Waals surface area contributed by atoms with Crippen LogP contribution >= 0.6 is 0 Å². The van der Waals surface area contributed by atoms with Gasteiger partial charge in [0.1, 0.15) is 5.75 Å². The van der Waals surface area contributed by atoms with Crippen LogP contribution in [0.4, 0.5) is 0 Å². The molecule has 0 bridgehead atoms. The van der Waals surface area contributed by atoms with E-state index < -0.39 is 11.9 Å². The Kier molecular flexibility index (Phi) is 5.95. The molecule has 5 nitrogen and oxygen atoms in total. The van der Waals surface area contributed by atoms with E-state index in [1.54, 1.807) is 36.4 Å². The summed E-state index contributed by atoms with van der Waals surface area (Å²) in [5.41, 5.74) is 1.35. The molecule has 0 aliphatic heterocycles. The maximum Gasteiger partial charge on any atom is 0.338 e. The van der Waals surface area contributed by atoms with Crippen LogP contribution in [-0.4, -0.2) is 30.8 Å². The summed E-state index contributed by atoms with van der Waals surface area (Å²) in [7, 11) is 1.29. The molecule has 0 heterocycles. The van der Waals surface area contributed by atoms with Gasteiger partial charge in [-0.3, -0.25) is 0 Å². The molecule has 0 aliphatic carbocycles. The fraction of sp³-hybridized carbons (Fsp3) is 0.263. The number of hydrogen-bond acceptors (Lipinski definition) is 4. The van der Waals surface area contributed by atoms with E-state index in [-0.39, 0.29) is 5.56 Å². The Balaban J connectivity index is 2.53. The maximum absolute atomic E-state index is 12.0. The Hall–Kier alpha value is -2.82. The first kappa shape index (κ1) is 17.5. The first-order valence-electron chi connectivity index (χ1n) is 7.76. The van der Waals surface area contributed by atoms with Gasteiger partial charge in [0.15, 0.2) is 0 Å². The number of esters is 1. The Morgan fingerprint density at radius 2 is 1.79 bits per heavy atom. The van der Waals surface area contributed by atoms with Crippen molar-refractivity contribution in [3.05, 3.63) is 53.6 Å². The zero-order chi connectivity index (χ0) is 17.5. The third-order valence-corrected chi connectivity index (χ3v) is 3.61. The highest BCUT2D eigenvalue weighted by Gasteiger charge is 2.19. The average molecular weight is 328 g/mol. The highest BCUT2D eigenvalue weighted by atomic mass is 16.5. The molecular weight excluding hydrogens is 308 g/mol. The number of carbonyl (C=O) groups excluding carboxylic acids is 1. The minimum atomic E-state index is -1.07. The van der Waals surface area contributed by atoms with Gasteiger partial charge in [-0.1, -0.05) is 31.5 Å². The number of carbonyl (C=O) groups is 2. The van der Waals surface area contributed by atoms with Crippen molar-refractivity contribution in [3.63, 3.8) is 0 Å². The van der Waals surface area contributed by atoms with Crippen molar-refractivity contribution in [1.29, 1.82) is 0 Å². The predicted octanol–water partition coefficient (Wildman–Crippen LogP) is 4.02. The Labute approximate surface area is 140 Å². The van der Waals surface area contributed by atoms with E-state index in [9.17, 15) is 14.7 Å². The Bertz CT molecular complexity index is 736. The molecule has 0 spiro atoms. The largest absolute Gasteiger partial charge is 0.494 e. The molecular formula is C19H20O5. The van der Waals surface area contributed by atoms with E-state index in [0.717, 1.165) is 12.8 Å². The quantitative estimate of drug-likeness (QED) is 0.614. The summed E-state index contributed by atoms with van der Waals surface area (Å²) >= 11 is 0. The normalized spacial score (nSPS) is 10.2. The first-order chi connectivity index (χ1) is 11.6. The molecule has 5 heteroatoms. The van der Waals surface area contributed by atoms with Crippen molar-refractivity contribution in [3.8, 4) is 16.9 Å². The van der Waals surface area contributed by atoms with Crippen molar-refractivity contribution >= 4 is 11.9 Å². The smallest absolute Gasteiger partial charge is 0.338 e. The summed E-state index contributed by atoms with van der Waals surface area (Å²) in [6.07, 6.45) is 1.92. The number of benzene rings is 2. The lowest BCUT2D eigenvalue weighted by Crippen LogP contribution is -2.07. The molecule has 0 aromatic heterocycles. The second-order valence-corrected chi connectivity index (χ2v) is 5.25. The standard InChI is InChI=1S/C19H20O5/c1-3-4-11-24-13-9-10-15(18(20)21)17(12-13)14-7-5-6-8-16(14)19(22)23-2/h5-10,12H,3-4,11H2,1-2H3,(H,20,21). The fourth-order valence-electron chi connectivity index (χ4n) is 2.36. The van der Waals surface area contributed by atoms with Crippen molar-refractivity contribution < 1.29 is 24.2 Å². The number of rotatable bonds is 7. The van der Waals surface area contributed by atoms with Crippen LogP contribution in [0.2, 0.25) is 0 Å². The van der Waals surface area contributed by atoms with E-state index >= 15 is 0 Å². The molecule has 0 radical (unpaired) electrons. The number of hydrogen-bond donors (Lipinski definition) is 1. The van der Waals surface area contributed by atoms with Crippen molar-refractivity contribution in [2.45, 2.75) is 19.8 Å². The SMILES string of the molecule is CCCCOc1ccc(C(=O)O)c(-c2ccccc2C(=O)OC)c1. The summed E-state index contributed by atoms with van der Waals surface area (Å²) in [5.74, 6) is -1.01. The van der Waals surface area contributed by atoms with Crippen LogP contribution in [0, 0.1) is 0 Å². The van der Waals surface area contributed by atoms with Gasteiger partial charge in [-0.15, -0.1) is 0 Å². The minimum absolute atomic E-state index is 0.106. The summed E-state index contributed by atoms with van der Waals surface area (Å²) in [5, 5.41) is 9.46. The number of carboxylic acids is 1. The molecule has 0 saturated heterocycles. The summed E-state index contributed by atoms with van der Waals surface area (Å²) in [6, 6.07) is 11.5. The number of ether oxygens (including phenoxy) is 2. The number of aromatic carboxylic acids is 1. The first-order valence-corrected chi connectivity index (χ1v) is 7.76. The molecule has 126 valence electrons. The maximum atomic E-state index is 12.0. The molecule has 2 aromatic carbocycles. The lowest BCUT2D eigenvalue weighted by atomic mass is 9.95. The fourth-order valence-corrected chi connectivity index (χ4v) is 2.36. The predicted molar refractivity (Wildman–Crippen MR) is 90.6 cm³/mol. The number of methoxy groups -OCH3 is 1. The van der Waals surface area contributed by atoms with E-state index in [4.69, 9.17) is 9.47 Å². The van der Waals surface area contributed by atoms with Gasteiger partial charge in [0.05, 0.1) is 24.8 Å². The molecule has 0 fully saturated rings. The van der Waals surface area contributed by atoms with Gasteiger partial charge in [-0.25, -0.2) is 9.59 Å². The van der Waals surface area contributed by atoms with Crippen molar-refractivity contribution in [1.82, 2.24) is 0 Å². The molecule has 0 unspecified atom stereocenters. The third kappa shape index (κ3) is 3.93. The molecule has 2 rings (SSSR count). The van der Waals surface area contributed by atoms with Gasteiger partial charge in [0.25, 0.3) is 0 Å². The van der Waals surface area contributed by atoms with Crippen LogP contribution in [-0.2, 0) is 4.74 Å². The van der Waals surface area contributed by atoms with E-state index in [0.29, 0.717) is 29.0 Å². The molecule has 0 aliphatic rings. The molecule has 0 saturated carbocycles. The molecule has 24 heavy (non-hydrogen) atoms. The molecule has 0 atom stereocenters. The van der Waals surface area contributed by atoms with Gasteiger partial charge in [-0.05, 0) is 36.2 Å². The zero-order valence-corrected chi connectivity index (χ0v) is 13.7. The molecule has 2 aromatic rings. The van der Waals surface area contributed by atoms with Crippen LogP contribution in [0.1, 0.15) is 40.5 Å².